The highest BCUT2D eigenvalue weighted by molar-refractivity contribution is 8.18. The van der Waals surface area contributed by atoms with Crippen molar-refractivity contribution in [1.82, 2.24) is 5.32 Å². The summed E-state index contributed by atoms with van der Waals surface area (Å²) >= 11 is 0.619. The van der Waals surface area contributed by atoms with Crippen molar-refractivity contribution >= 4 is 29.0 Å². The summed E-state index contributed by atoms with van der Waals surface area (Å²) < 4.78 is 49.3. The van der Waals surface area contributed by atoms with Gasteiger partial charge in [-0.1, -0.05) is 12.1 Å². The number of thioether (sulfide) groups is 1. The summed E-state index contributed by atoms with van der Waals surface area (Å²) in [4.78, 5) is 22.7. The van der Waals surface area contributed by atoms with Crippen molar-refractivity contribution < 1.29 is 32.2 Å². The molecule has 2 amide bonds. The van der Waals surface area contributed by atoms with Crippen molar-refractivity contribution in [2.75, 3.05) is 20.3 Å². The molecular formula is C14H12F3NO4S. The van der Waals surface area contributed by atoms with Crippen LogP contribution < -0.4 is 10.1 Å². The number of methoxy groups -OCH3 is 1. The van der Waals surface area contributed by atoms with Gasteiger partial charge in [0.2, 0.25) is 0 Å². The standard InChI is InChI=1S/C14H12F3NO4S/c1-21-5-6-22-11-8(3-2-4-9(11)14(15,16)17)7-10-12(19)18-13(20)23-10/h2-4,7H,5-6H2,1H3,(H,18,19,20)/b10-7-. The van der Waals surface area contributed by atoms with Gasteiger partial charge in [-0.25, -0.2) is 0 Å². The van der Waals surface area contributed by atoms with E-state index in [9.17, 15) is 22.8 Å². The van der Waals surface area contributed by atoms with Gasteiger partial charge in [0.15, 0.2) is 0 Å². The number of alkyl halides is 3. The van der Waals surface area contributed by atoms with Crippen LogP contribution in [0.2, 0.25) is 0 Å². The van der Waals surface area contributed by atoms with E-state index in [1.807, 2.05) is 5.32 Å². The van der Waals surface area contributed by atoms with Crippen LogP contribution in [0.15, 0.2) is 23.1 Å². The molecule has 0 saturated carbocycles. The maximum absolute atomic E-state index is 13.1. The van der Waals surface area contributed by atoms with Crippen molar-refractivity contribution in [1.29, 1.82) is 0 Å². The Balaban J connectivity index is 2.43. The van der Waals surface area contributed by atoms with E-state index < -0.39 is 28.6 Å². The highest BCUT2D eigenvalue weighted by Gasteiger charge is 2.35. The molecule has 1 aromatic carbocycles. The Morgan fingerprint density at radius 2 is 2.00 bits per heavy atom. The van der Waals surface area contributed by atoms with E-state index in [0.717, 1.165) is 6.07 Å². The van der Waals surface area contributed by atoms with Gasteiger partial charge >= 0.3 is 6.18 Å². The first-order valence-electron chi connectivity index (χ1n) is 6.39. The Hall–Kier alpha value is -2.00. The van der Waals surface area contributed by atoms with E-state index in [4.69, 9.17) is 9.47 Å². The average molecular weight is 347 g/mol. The molecule has 1 N–H and O–H groups in total. The Kier molecular flexibility index (Phi) is 5.32. The number of nitrogens with one attached hydrogen (secondary N) is 1. The third-order valence-corrected chi connectivity index (χ3v) is 3.62. The van der Waals surface area contributed by atoms with E-state index in [2.05, 4.69) is 0 Å². The van der Waals surface area contributed by atoms with Crippen LogP contribution in [0.1, 0.15) is 11.1 Å². The molecule has 124 valence electrons. The number of ether oxygens (including phenoxy) is 2. The van der Waals surface area contributed by atoms with Crippen LogP contribution in [0.5, 0.6) is 5.75 Å². The van der Waals surface area contributed by atoms with E-state index in [0.29, 0.717) is 11.8 Å². The predicted molar refractivity (Wildman–Crippen MR) is 77.9 cm³/mol. The number of amides is 2. The van der Waals surface area contributed by atoms with Crippen LogP contribution in [0.4, 0.5) is 18.0 Å². The summed E-state index contributed by atoms with van der Waals surface area (Å²) in [5.41, 5.74) is -0.902. The highest BCUT2D eigenvalue weighted by atomic mass is 32.2. The number of benzene rings is 1. The van der Waals surface area contributed by atoms with Crippen molar-refractivity contribution in [2.45, 2.75) is 6.18 Å². The van der Waals surface area contributed by atoms with Gasteiger partial charge in [-0.3, -0.25) is 14.9 Å². The fourth-order valence-corrected chi connectivity index (χ4v) is 2.52. The smallest absolute Gasteiger partial charge is 0.419 e. The van der Waals surface area contributed by atoms with E-state index >= 15 is 0 Å². The first-order valence-corrected chi connectivity index (χ1v) is 7.21. The molecule has 1 heterocycles. The van der Waals surface area contributed by atoms with Crippen molar-refractivity contribution in [3.05, 3.63) is 34.2 Å². The molecule has 1 aliphatic rings. The Labute approximate surface area is 133 Å². The lowest BCUT2D eigenvalue weighted by atomic mass is 10.1. The van der Waals surface area contributed by atoms with E-state index in [1.54, 1.807) is 0 Å². The van der Waals surface area contributed by atoms with Gasteiger partial charge in [0.1, 0.15) is 12.4 Å². The number of para-hydroxylation sites is 1. The third-order valence-electron chi connectivity index (χ3n) is 2.81. The molecule has 2 rings (SSSR count). The second-order valence-corrected chi connectivity index (χ2v) is 5.43. The minimum Gasteiger partial charge on any atom is -0.490 e. The fourth-order valence-electron chi connectivity index (χ4n) is 1.84. The Morgan fingerprint density at radius 3 is 2.57 bits per heavy atom. The highest BCUT2D eigenvalue weighted by Crippen LogP contribution is 2.39. The topological polar surface area (TPSA) is 64.6 Å². The number of carbonyl (C=O) groups excluding carboxylic acids is 2. The maximum Gasteiger partial charge on any atom is 0.419 e. The zero-order valence-corrected chi connectivity index (χ0v) is 12.7. The minimum atomic E-state index is -4.61. The summed E-state index contributed by atoms with van der Waals surface area (Å²) in [5.74, 6) is -1.06. The summed E-state index contributed by atoms with van der Waals surface area (Å²) in [7, 11) is 1.40. The predicted octanol–water partition coefficient (Wildman–Crippen LogP) is 3.05. The molecule has 5 nitrogen and oxygen atoms in total. The monoisotopic (exact) mass is 347 g/mol. The molecule has 0 aliphatic carbocycles. The SMILES string of the molecule is COCCOc1c(/C=C2\SC(=O)NC2=O)cccc1C(F)(F)F. The molecule has 1 aromatic rings. The number of carbonyl (C=O) groups is 2. The number of rotatable bonds is 5. The molecule has 1 aliphatic heterocycles. The van der Waals surface area contributed by atoms with E-state index in [1.165, 1.54) is 25.3 Å². The van der Waals surface area contributed by atoms with Gasteiger partial charge in [-0.2, -0.15) is 13.2 Å². The summed E-state index contributed by atoms with van der Waals surface area (Å²) in [6, 6.07) is 3.47. The first-order chi connectivity index (χ1) is 10.8. The van der Waals surface area contributed by atoms with Crippen molar-refractivity contribution in [3.8, 4) is 5.75 Å². The molecule has 1 saturated heterocycles. The average Bonchev–Trinajstić information content (AvgIpc) is 2.77. The lowest BCUT2D eigenvalue weighted by Gasteiger charge is -2.16. The molecule has 0 spiro atoms. The van der Waals surface area contributed by atoms with Crippen molar-refractivity contribution in [2.24, 2.45) is 0 Å². The molecule has 0 aromatic heterocycles. The first kappa shape index (κ1) is 17.4. The quantitative estimate of drug-likeness (QED) is 0.655. The summed E-state index contributed by atoms with van der Waals surface area (Å²) in [5, 5.41) is 1.46. The van der Waals surface area contributed by atoms with Crippen LogP contribution in [-0.4, -0.2) is 31.5 Å². The molecule has 0 radical (unpaired) electrons. The molecule has 1 fully saturated rings. The molecular weight excluding hydrogens is 335 g/mol. The summed E-state index contributed by atoms with van der Waals surface area (Å²) in [6.07, 6.45) is -3.42. The van der Waals surface area contributed by atoms with Crippen LogP contribution >= 0.6 is 11.8 Å². The van der Waals surface area contributed by atoms with Gasteiger partial charge in [0.05, 0.1) is 17.1 Å². The van der Waals surface area contributed by atoms with Crippen LogP contribution in [0, 0.1) is 0 Å². The van der Waals surface area contributed by atoms with Crippen molar-refractivity contribution in [3.63, 3.8) is 0 Å². The minimum absolute atomic E-state index is 0.00548. The lowest BCUT2D eigenvalue weighted by Crippen LogP contribution is -2.18. The van der Waals surface area contributed by atoms with Gasteiger partial charge < -0.3 is 9.47 Å². The van der Waals surface area contributed by atoms with Gasteiger partial charge in [-0.15, -0.1) is 0 Å². The zero-order valence-electron chi connectivity index (χ0n) is 11.9. The van der Waals surface area contributed by atoms with Crippen LogP contribution in [0.3, 0.4) is 0 Å². The second-order valence-electron chi connectivity index (χ2n) is 4.42. The van der Waals surface area contributed by atoms with Gasteiger partial charge in [-0.05, 0) is 23.9 Å². The van der Waals surface area contributed by atoms with Gasteiger partial charge in [0, 0.05) is 12.7 Å². The number of halogens is 3. The van der Waals surface area contributed by atoms with Crippen LogP contribution in [-0.2, 0) is 15.7 Å². The van der Waals surface area contributed by atoms with Gasteiger partial charge in [0.25, 0.3) is 11.1 Å². The summed E-state index contributed by atoms with van der Waals surface area (Å²) in [6.45, 7) is 0.0218. The third kappa shape index (κ3) is 4.26. The number of hydrogen-bond donors (Lipinski definition) is 1. The molecule has 0 unspecified atom stereocenters. The molecule has 9 heteroatoms. The molecule has 0 atom stereocenters. The Bertz CT molecular complexity index is 658. The molecule has 23 heavy (non-hydrogen) atoms. The second kappa shape index (κ2) is 7.05. The van der Waals surface area contributed by atoms with Crippen LogP contribution in [0.25, 0.3) is 6.08 Å². The largest absolute Gasteiger partial charge is 0.490 e. The zero-order chi connectivity index (χ0) is 17.0. The Morgan fingerprint density at radius 1 is 1.26 bits per heavy atom. The lowest BCUT2D eigenvalue weighted by molar-refractivity contribution is -0.139. The maximum atomic E-state index is 13.1. The molecule has 0 bridgehead atoms. The van der Waals surface area contributed by atoms with E-state index in [-0.39, 0.29) is 23.7 Å². The fraction of sp³-hybridized carbons (Fsp3) is 0.286. The number of hydrogen-bond acceptors (Lipinski definition) is 5. The normalized spacial score (nSPS) is 16.8. The number of imide groups is 1.